The van der Waals surface area contributed by atoms with Gasteiger partial charge in [0, 0.05) is 30.3 Å². The highest BCUT2D eigenvalue weighted by molar-refractivity contribution is 7.99. The van der Waals surface area contributed by atoms with Crippen LogP contribution in [0.25, 0.3) is 0 Å². The van der Waals surface area contributed by atoms with Crippen LogP contribution in [0, 0.1) is 5.92 Å². The summed E-state index contributed by atoms with van der Waals surface area (Å²) in [5.74, 6) is 3.45. The van der Waals surface area contributed by atoms with Gasteiger partial charge in [-0.15, -0.1) is 11.8 Å². The lowest BCUT2D eigenvalue weighted by molar-refractivity contribution is 0.186. The molecule has 0 saturated carbocycles. The zero-order valence-corrected chi connectivity index (χ0v) is 18.1. The number of likely N-dealkylation sites (tertiary alicyclic amines) is 1. The molecule has 2 aromatic carbocycles. The lowest BCUT2D eigenvalue weighted by Crippen LogP contribution is -2.40. The Morgan fingerprint density at radius 3 is 2.69 bits per heavy atom. The fourth-order valence-corrected chi connectivity index (χ4v) is 4.47. The van der Waals surface area contributed by atoms with E-state index in [0.29, 0.717) is 12.5 Å². The fourth-order valence-electron chi connectivity index (χ4n) is 3.42. The molecule has 1 heterocycles. The average Bonchev–Trinajstić information content (AvgIpc) is 3.24. The highest BCUT2D eigenvalue weighted by Crippen LogP contribution is 2.26. The van der Waals surface area contributed by atoms with Gasteiger partial charge in [0.15, 0.2) is 5.96 Å². The average molecular weight is 414 g/mol. The number of thioether (sulfide) groups is 1. The number of aliphatic hydroxyl groups excluding tert-OH is 1. The van der Waals surface area contributed by atoms with Crippen LogP contribution in [-0.4, -0.2) is 55.0 Å². The minimum absolute atomic E-state index is 0.342. The monoisotopic (exact) mass is 413 g/mol. The van der Waals surface area contributed by atoms with Gasteiger partial charge in [-0.3, -0.25) is 4.99 Å². The van der Waals surface area contributed by atoms with E-state index in [1.54, 1.807) is 7.11 Å². The van der Waals surface area contributed by atoms with Crippen LogP contribution in [0.2, 0.25) is 0 Å². The van der Waals surface area contributed by atoms with Crippen molar-refractivity contribution in [1.29, 1.82) is 0 Å². The second-order valence-corrected chi connectivity index (χ2v) is 8.30. The summed E-state index contributed by atoms with van der Waals surface area (Å²) in [5, 5.41) is 13.9. The Hall–Kier alpha value is -2.18. The van der Waals surface area contributed by atoms with E-state index in [0.717, 1.165) is 42.7 Å². The Morgan fingerprint density at radius 2 is 2.00 bits per heavy atom. The molecule has 0 spiro atoms. The largest absolute Gasteiger partial charge is 0.497 e. The Morgan fingerprint density at radius 1 is 1.24 bits per heavy atom. The van der Waals surface area contributed by atoms with E-state index in [2.05, 4.69) is 47.5 Å². The molecule has 0 radical (unpaired) electrons. The smallest absolute Gasteiger partial charge is 0.194 e. The van der Waals surface area contributed by atoms with Crippen molar-refractivity contribution in [2.24, 2.45) is 10.9 Å². The zero-order chi connectivity index (χ0) is 20.5. The van der Waals surface area contributed by atoms with Crippen LogP contribution in [0.3, 0.4) is 0 Å². The van der Waals surface area contributed by atoms with Crippen molar-refractivity contribution in [1.82, 2.24) is 10.2 Å². The second kappa shape index (κ2) is 11.1. The topological polar surface area (TPSA) is 57.1 Å². The molecule has 5 nitrogen and oxygen atoms in total. The first-order valence-electron chi connectivity index (χ1n) is 10.2. The summed E-state index contributed by atoms with van der Waals surface area (Å²) in [5.41, 5.74) is 0.851. The molecule has 0 bridgehead atoms. The number of aliphatic imine (C=N–C) groups is 1. The minimum atomic E-state index is -0.624. The number of guanidine groups is 1. The van der Waals surface area contributed by atoms with Gasteiger partial charge in [0.25, 0.3) is 0 Å². The molecule has 1 saturated heterocycles. The second-order valence-electron chi connectivity index (χ2n) is 7.21. The summed E-state index contributed by atoms with van der Waals surface area (Å²) in [6, 6.07) is 18.1. The Labute approximate surface area is 178 Å². The van der Waals surface area contributed by atoms with Gasteiger partial charge < -0.3 is 20.1 Å². The molecule has 2 atom stereocenters. The number of rotatable bonds is 8. The molecule has 6 heteroatoms. The lowest BCUT2D eigenvalue weighted by atomic mass is 10.1. The summed E-state index contributed by atoms with van der Waals surface area (Å²) in [7, 11) is 1.64. The molecule has 1 aliphatic rings. The van der Waals surface area contributed by atoms with Crippen molar-refractivity contribution < 1.29 is 9.84 Å². The number of methoxy groups -OCH3 is 1. The normalized spacial score (nSPS) is 18.0. The molecule has 0 aliphatic carbocycles. The molecule has 2 aromatic rings. The van der Waals surface area contributed by atoms with Gasteiger partial charge in [-0.05, 0) is 49.1 Å². The van der Waals surface area contributed by atoms with Crippen molar-refractivity contribution in [2.45, 2.75) is 24.3 Å². The summed E-state index contributed by atoms with van der Waals surface area (Å²) >= 11 is 1.93. The number of benzene rings is 2. The van der Waals surface area contributed by atoms with Crippen molar-refractivity contribution >= 4 is 17.7 Å². The maximum atomic E-state index is 10.5. The number of ether oxygens (including phenoxy) is 1. The van der Waals surface area contributed by atoms with Crippen molar-refractivity contribution in [3.8, 4) is 5.75 Å². The number of hydrogen-bond donors (Lipinski definition) is 2. The van der Waals surface area contributed by atoms with Gasteiger partial charge in [-0.25, -0.2) is 0 Å². The summed E-state index contributed by atoms with van der Waals surface area (Å²) < 4.78 is 5.18. The van der Waals surface area contributed by atoms with Gasteiger partial charge in [0.1, 0.15) is 5.75 Å². The highest BCUT2D eigenvalue weighted by Gasteiger charge is 2.25. The van der Waals surface area contributed by atoms with Gasteiger partial charge in [-0.1, -0.05) is 30.3 Å². The Kier molecular flexibility index (Phi) is 8.25. The quantitative estimate of drug-likeness (QED) is 0.392. The van der Waals surface area contributed by atoms with E-state index in [1.165, 1.54) is 11.3 Å². The first-order valence-corrected chi connectivity index (χ1v) is 11.2. The Balaban J connectivity index is 1.54. The third-order valence-corrected chi connectivity index (χ3v) is 6.31. The molecule has 0 aromatic heterocycles. The molecule has 29 heavy (non-hydrogen) atoms. The third-order valence-electron chi connectivity index (χ3n) is 5.06. The first kappa shape index (κ1) is 21.5. The van der Waals surface area contributed by atoms with Gasteiger partial charge in [0.2, 0.25) is 0 Å². The van der Waals surface area contributed by atoms with E-state index in [9.17, 15) is 5.11 Å². The molecule has 0 amide bonds. The lowest BCUT2D eigenvalue weighted by Gasteiger charge is -2.22. The number of nitrogens with one attached hydrogen (secondary N) is 1. The SMILES string of the molecule is CCNC(=NCC(O)c1ccc(OC)cc1)N1CCC(CSc2ccccc2)C1. The molecule has 1 fully saturated rings. The van der Waals surface area contributed by atoms with Crippen molar-refractivity contribution in [3.05, 3.63) is 60.2 Å². The van der Waals surface area contributed by atoms with E-state index in [-0.39, 0.29) is 0 Å². The molecule has 3 rings (SSSR count). The molecular formula is C23H31N3O2S. The number of hydrogen-bond acceptors (Lipinski definition) is 4. The maximum absolute atomic E-state index is 10.5. The van der Waals surface area contributed by atoms with Gasteiger partial charge in [0.05, 0.1) is 19.8 Å². The highest BCUT2D eigenvalue weighted by atomic mass is 32.2. The van der Waals surface area contributed by atoms with Crippen LogP contribution in [0.1, 0.15) is 25.0 Å². The summed E-state index contributed by atoms with van der Waals surface area (Å²) in [4.78, 5) is 8.36. The van der Waals surface area contributed by atoms with Crippen LogP contribution in [0.15, 0.2) is 64.5 Å². The maximum Gasteiger partial charge on any atom is 0.194 e. The molecule has 2 N–H and O–H groups in total. The van der Waals surface area contributed by atoms with Crippen LogP contribution >= 0.6 is 11.8 Å². The fraction of sp³-hybridized carbons (Fsp3) is 0.435. The van der Waals surface area contributed by atoms with Crippen molar-refractivity contribution in [3.63, 3.8) is 0 Å². The van der Waals surface area contributed by atoms with E-state index < -0.39 is 6.10 Å². The third kappa shape index (κ3) is 6.41. The minimum Gasteiger partial charge on any atom is -0.497 e. The predicted molar refractivity (Wildman–Crippen MR) is 121 cm³/mol. The molecule has 2 unspecified atom stereocenters. The van der Waals surface area contributed by atoms with Crippen LogP contribution in [-0.2, 0) is 0 Å². The standard InChI is InChI=1S/C23H31N3O2S/c1-3-24-23(25-15-22(27)19-9-11-20(28-2)12-10-19)26-14-13-18(16-26)17-29-21-7-5-4-6-8-21/h4-12,18,22,27H,3,13-17H2,1-2H3,(H,24,25). The van der Waals surface area contributed by atoms with Gasteiger partial charge in [-0.2, -0.15) is 0 Å². The number of nitrogens with zero attached hydrogens (tertiary/aromatic N) is 2. The van der Waals surface area contributed by atoms with E-state index in [4.69, 9.17) is 9.73 Å². The summed E-state index contributed by atoms with van der Waals surface area (Å²) in [6.45, 7) is 5.25. The molecule has 1 aliphatic heterocycles. The summed E-state index contributed by atoms with van der Waals surface area (Å²) in [6.07, 6.45) is 0.548. The van der Waals surface area contributed by atoms with Gasteiger partial charge >= 0.3 is 0 Å². The van der Waals surface area contributed by atoms with E-state index >= 15 is 0 Å². The van der Waals surface area contributed by atoms with E-state index in [1.807, 2.05) is 36.0 Å². The van der Waals surface area contributed by atoms with Crippen LogP contribution in [0.4, 0.5) is 0 Å². The van der Waals surface area contributed by atoms with Crippen molar-refractivity contribution in [2.75, 3.05) is 39.0 Å². The van der Waals surface area contributed by atoms with Crippen LogP contribution < -0.4 is 10.1 Å². The number of aliphatic hydroxyl groups is 1. The zero-order valence-electron chi connectivity index (χ0n) is 17.3. The Bertz CT molecular complexity index is 767. The molecule has 156 valence electrons. The van der Waals surface area contributed by atoms with Crippen LogP contribution in [0.5, 0.6) is 5.75 Å². The molecular weight excluding hydrogens is 382 g/mol. The predicted octanol–water partition coefficient (Wildman–Crippen LogP) is 3.81. The first-order chi connectivity index (χ1) is 14.2.